The number of likely N-dealkylation sites (tertiary alicyclic amines) is 1. The molecule has 1 N–H and O–H groups in total. The lowest BCUT2D eigenvalue weighted by Crippen LogP contribution is -2.42. The smallest absolute Gasteiger partial charge is 0.0947 e. The van der Waals surface area contributed by atoms with Gasteiger partial charge in [-0.15, -0.1) is 0 Å². The quantitative estimate of drug-likeness (QED) is 0.825. The molecular formula is C12H19NO2. The predicted molar refractivity (Wildman–Crippen MR) is 58.4 cm³/mol. The highest BCUT2D eigenvalue weighted by Gasteiger charge is 2.24. The summed E-state index contributed by atoms with van der Waals surface area (Å²) < 4.78 is 5.07. The zero-order valence-electron chi connectivity index (χ0n) is 9.22. The van der Waals surface area contributed by atoms with Crippen LogP contribution < -0.4 is 0 Å². The number of aliphatic hydroxyl groups excluding tert-OH is 1. The van der Waals surface area contributed by atoms with Gasteiger partial charge in [-0.3, -0.25) is 4.90 Å². The molecule has 84 valence electrons. The number of hydrogen-bond donors (Lipinski definition) is 1. The molecule has 1 aromatic heterocycles. The molecule has 0 spiro atoms. The number of aliphatic hydroxyl groups is 1. The molecule has 1 aliphatic heterocycles. The summed E-state index contributed by atoms with van der Waals surface area (Å²) in [6.07, 6.45) is 5.85. The van der Waals surface area contributed by atoms with E-state index in [0.717, 1.165) is 19.5 Å². The van der Waals surface area contributed by atoms with Crippen molar-refractivity contribution >= 4 is 0 Å². The highest BCUT2D eigenvalue weighted by molar-refractivity contribution is 5.05. The van der Waals surface area contributed by atoms with Crippen molar-refractivity contribution in [2.24, 2.45) is 5.92 Å². The second-order valence-corrected chi connectivity index (χ2v) is 4.54. The second kappa shape index (κ2) is 4.81. The Bertz CT molecular complexity index is 284. The van der Waals surface area contributed by atoms with Gasteiger partial charge in [0, 0.05) is 31.3 Å². The molecule has 0 aliphatic carbocycles. The zero-order chi connectivity index (χ0) is 10.7. The Morgan fingerprint density at radius 2 is 2.40 bits per heavy atom. The van der Waals surface area contributed by atoms with Crippen molar-refractivity contribution in [3.8, 4) is 0 Å². The van der Waals surface area contributed by atoms with Gasteiger partial charge in [-0.25, -0.2) is 0 Å². The van der Waals surface area contributed by atoms with Gasteiger partial charge in [0.25, 0.3) is 0 Å². The third-order valence-corrected chi connectivity index (χ3v) is 3.33. The molecule has 0 saturated carbocycles. The molecule has 0 radical (unpaired) electrons. The minimum atomic E-state index is 0.314. The third-order valence-electron chi connectivity index (χ3n) is 3.33. The van der Waals surface area contributed by atoms with Crippen LogP contribution in [0.15, 0.2) is 23.0 Å². The van der Waals surface area contributed by atoms with Crippen LogP contribution in [0.2, 0.25) is 0 Å². The fourth-order valence-electron chi connectivity index (χ4n) is 2.25. The standard InChI is InChI=1S/C12H19NO2/c1-10-2-3-11(8-14)6-13(10)7-12-4-5-15-9-12/h4-5,9-11,14H,2-3,6-8H2,1H3. The first kappa shape index (κ1) is 10.7. The average molecular weight is 209 g/mol. The van der Waals surface area contributed by atoms with Crippen molar-refractivity contribution in [2.75, 3.05) is 13.2 Å². The van der Waals surface area contributed by atoms with E-state index in [1.165, 1.54) is 12.0 Å². The Kier molecular flexibility index (Phi) is 3.44. The first-order chi connectivity index (χ1) is 7.29. The molecular weight excluding hydrogens is 190 g/mol. The van der Waals surface area contributed by atoms with E-state index in [0.29, 0.717) is 18.6 Å². The molecule has 1 aliphatic rings. The number of rotatable bonds is 3. The molecule has 1 fully saturated rings. The maximum atomic E-state index is 9.18. The molecule has 2 heterocycles. The number of furan rings is 1. The summed E-state index contributed by atoms with van der Waals surface area (Å²) in [5, 5.41) is 9.18. The van der Waals surface area contributed by atoms with Crippen molar-refractivity contribution < 1.29 is 9.52 Å². The SMILES string of the molecule is CC1CCC(CO)CN1Cc1ccoc1. The van der Waals surface area contributed by atoms with E-state index < -0.39 is 0 Å². The average Bonchev–Trinajstić information content (AvgIpc) is 2.74. The van der Waals surface area contributed by atoms with Crippen molar-refractivity contribution in [1.82, 2.24) is 4.90 Å². The lowest BCUT2D eigenvalue weighted by molar-refractivity contribution is 0.0770. The molecule has 0 amide bonds. The van der Waals surface area contributed by atoms with Crippen LogP contribution in [0.4, 0.5) is 0 Å². The van der Waals surface area contributed by atoms with Crippen LogP contribution in [0.3, 0.4) is 0 Å². The van der Waals surface area contributed by atoms with Crippen LogP contribution in [0.25, 0.3) is 0 Å². The summed E-state index contributed by atoms with van der Waals surface area (Å²) in [4.78, 5) is 2.43. The molecule has 1 aromatic rings. The van der Waals surface area contributed by atoms with Gasteiger partial charge in [0.2, 0.25) is 0 Å². The molecule has 2 unspecified atom stereocenters. The van der Waals surface area contributed by atoms with E-state index in [1.807, 2.05) is 6.07 Å². The first-order valence-corrected chi connectivity index (χ1v) is 5.65. The van der Waals surface area contributed by atoms with Gasteiger partial charge in [0.15, 0.2) is 0 Å². The molecule has 3 nitrogen and oxygen atoms in total. The fraction of sp³-hybridized carbons (Fsp3) is 0.667. The zero-order valence-corrected chi connectivity index (χ0v) is 9.22. The molecule has 3 heteroatoms. The highest BCUT2D eigenvalue weighted by atomic mass is 16.3. The molecule has 15 heavy (non-hydrogen) atoms. The van der Waals surface area contributed by atoms with E-state index in [4.69, 9.17) is 4.42 Å². The molecule has 0 aromatic carbocycles. The van der Waals surface area contributed by atoms with Crippen molar-refractivity contribution in [3.63, 3.8) is 0 Å². The van der Waals surface area contributed by atoms with Crippen molar-refractivity contribution in [3.05, 3.63) is 24.2 Å². The number of hydrogen-bond acceptors (Lipinski definition) is 3. The van der Waals surface area contributed by atoms with Crippen LogP contribution in [-0.4, -0.2) is 29.2 Å². The molecule has 2 atom stereocenters. The fourth-order valence-corrected chi connectivity index (χ4v) is 2.25. The Labute approximate surface area is 90.7 Å². The number of piperidine rings is 1. The van der Waals surface area contributed by atoms with Crippen LogP contribution in [-0.2, 0) is 6.54 Å². The van der Waals surface area contributed by atoms with Crippen LogP contribution in [0.5, 0.6) is 0 Å². The third kappa shape index (κ3) is 2.61. The Morgan fingerprint density at radius 1 is 1.53 bits per heavy atom. The van der Waals surface area contributed by atoms with Crippen LogP contribution in [0.1, 0.15) is 25.3 Å². The summed E-state index contributed by atoms with van der Waals surface area (Å²) in [5.41, 5.74) is 1.22. The summed E-state index contributed by atoms with van der Waals surface area (Å²) in [6.45, 7) is 4.51. The second-order valence-electron chi connectivity index (χ2n) is 4.54. The lowest BCUT2D eigenvalue weighted by Gasteiger charge is -2.37. The van der Waals surface area contributed by atoms with E-state index >= 15 is 0 Å². The van der Waals surface area contributed by atoms with E-state index in [1.54, 1.807) is 12.5 Å². The summed E-state index contributed by atoms with van der Waals surface area (Å²) >= 11 is 0. The van der Waals surface area contributed by atoms with Gasteiger partial charge in [0.05, 0.1) is 12.5 Å². The highest BCUT2D eigenvalue weighted by Crippen LogP contribution is 2.23. The maximum Gasteiger partial charge on any atom is 0.0947 e. The van der Waals surface area contributed by atoms with Crippen molar-refractivity contribution in [2.45, 2.75) is 32.4 Å². The minimum absolute atomic E-state index is 0.314. The van der Waals surface area contributed by atoms with E-state index in [-0.39, 0.29) is 0 Å². The van der Waals surface area contributed by atoms with Gasteiger partial charge >= 0.3 is 0 Å². The van der Waals surface area contributed by atoms with Gasteiger partial charge in [-0.05, 0) is 31.7 Å². The number of nitrogens with zero attached hydrogens (tertiary/aromatic N) is 1. The molecule has 1 saturated heterocycles. The van der Waals surface area contributed by atoms with Crippen LogP contribution in [0, 0.1) is 5.92 Å². The van der Waals surface area contributed by atoms with Gasteiger partial charge in [0.1, 0.15) is 0 Å². The summed E-state index contributed by atoms with van der Waals surface area (Å²) in [6, 6.07) is 2.62. The molecule has 2 rings (SSSR count). The van der Waals surface area contributed by atoms with E-state index in [9.17, 15) is 5.11 Å². The summed E-state index contributed by atoms with van der Waals surface area (Å²) in [5.74, 6) is 0.452. The van der Waals surface area contributed by atoms with Crippen molar-refractivity contribution in [1.29, 1.82) is 0 Å². The Hall–Kier alpha value is -0.800. The largest absolute Gasteiger partial charge is 0.472 e. The normalized spacial score (nSPS) is 28.1. The monoisotopic (exact) mass is 209 g/mol. The van der Waals surface area contributed by atoms with Gasteiger partial charge in [-0.2, -0.15) is 0 Å². The van der Waals surface area contributed by atoms with Gasteiger partial charge in [-0.1, -0.05) is 0 Å². The summed E-state index contributed by atoms with van der Waals surface area (Å²) in [7, 11) is 0. The topological polar surface area (TPSA) is 36.6 Å². The van der Waals surface area contributed by atoms with Crippen LogP contribution >= 0.6 is 0 Å². The Morgan fingerprint density at radius 3 is 3.07 bits per heavy atom. The lowest BCUT2D eigenvalue weighted by atomic mass is 9.94. The van der Waals surface area contributed by atoms with E-state index in [2.05, 4.69) is 11.8 Å². The molecule has 0 bridgehead atoms. The van der Waals surface area contributed by atoms with Gasteiger partial charge < -0.3 is 9.52 Å². The Balaban J connectivity index is 1.94. The minimum Gasteiger partial charge on any atom is -0.472 e. The first-order valence-electron chi connectivity index (χ1n) is 5.65. The predicted octanol–water partition coefficient (Wildman–Crippen LogP) is 1.87. The maximum absolute atomic E-state index is 9.18.